The third kappa shape index (κ3) is 3.09. The second-order valence-corrected chi connectivity index (χ2v) is 5.19. The van der Waals surface area contributed by atoms with Gasteiger partial charge in [0, 0.05) is 31.1 Å². The number of Topliss-reactive ketones (excluding diaryl/α,β-unsaturated/α-hetero) is 1. The molecule has 0 bridgehead atoms. The van der Waals surface area contributed by atoms with E-state index in [9.17, 15) is 34.7 Å². The van der Waals surface area contributed by atoms with E-state index >= 15 is 0 Å². The molecule has 0 radical (unpaired) electrons. The first-order chi connectivity index (χ1) is 11.2. The van der Waals surface area contributed by atoms with Gasteiger partial charge in [0.25, 0.3) is 11.6 Å². The molecule has 24 heavy (non-hydrogen) atoms. The molecular weight excluding hydrogens is 320 g/mol. The molecule has 1 aliphatic heterocycles. The number of nitrogens with zero attached hydrogens (tertiary/aromatic N) is 2. The lowest BCUT2D eigenvalue weighted by Gasteiger charge is -2.26. The van der Waals surface area contributed by atoms with Crippen molar-refractivity contribution in [3.05, 3.63) is 51.3 Å². The number of carbonyl (C=O) groups is 3. The van der Waals surface area contributed by atoms with Gasteiger partial charge in [-0.05, 0) is 12.5 Å². The van der Waals surface area contributed by atoms with Gasteiger partial charge in [-0.1, -0.05) is 12.1 Å². The van der Waals surface area contributed by atoms with Crippen molar-refractivity contribution in [2.24, 2.45) is 0 Å². The molecule has 0 fully saturated rings. The lowest BCUT2D eigenvalue weighted by atomic mass is 9.96. The fourth-order valence-corrected chi connectivity index (χ4v) is 2.61. The predicted octanol–water partition coefficient (Wildman–Crippen LogP) is 0.0192. The average Bonchev–Trinajstić information content (AvgIpc) is 2.77. The predicted molar refractivity (Wildman–Crippen MR) is 77.5 cm³/mol. The van der Waals surface area contributed by atoms with E-state index < -0.39 is 40.8 Å². The van der Waals surface area contributed by atoms with E-state index in [1.165, 1.54) is 24.3 Å². The third-order valence-electron chi connectivity index (χ3n) is 3.64. The van der Waals surface area contributed by atoms with Crippen molar-refractivity contribution >= 4 is 23.3 Å². The van der Waals surface area contributed by atoms with Gasteiger partial charge in [0.15, 0.2) is 11.5 Å². The van der Waals surface area contributed by atoms with Gasteiger partial charge in [-0.25, -0.2) is 0 Å². The number of ketones is 1. The van der Waals surface area contributed by atoms with Crippen LogP contribution in [0.5, 0.6) is 0 Å². The average molecular weight is 333 g/mol. The smallest absolute Gasteiger partial charge is 0.290 e. The fraction of sp³-hybridized carbons (Fsp3) is 0.267. The van der Waals surface area contributed by atoms with Crippen molar-refractivity contribution in [3.8, 4) is 0 Å². The molecule has 1 aromatic carbocycles. The molecule has 9 nitrogen and oxygen atoms in total. The summed E-state index contributed by atoms with van der Waals surface area (Å²) in [6.07, 6.45) is -0.504. The number of hydrogen-bond donors (Lipinski definition) is 1. The number of non-ortho nitro benzene ring substituents is 1. The topological polar surface area (TPSA) is 141 Å². The Labute approximate surface area is 136 Å². The molecule has 1 heterocycles. The van der Waals surface area contributed by atoms with Gasteiger partial charge in [-0.15, -0.1) is 0 Å². The molecule has 2 rings (SSSR count). The highest BCUT2D eigenvalue weighted by molar-refractivity contribution is 6.08. The van der Waals surface area contributed by atoms with Crippen molar-refractivity contribution in [1.29, 1.82) is 0 Å². The normalized spacial score (nSPS) is 17.3. The lowest BCUT2D eigenvalue weighted by Crippen LogP contribution is -2.35. The SMILES string of the molecule is CC(=O)C1=C(O)C(=O)N(CCC(=O)[O-])[C@H]1c1cccc([N+](=O)[O-])c1. The first-order valence-electron chi connectivity index (χ1n) is 6.93. The molecule has 0 aliphatic carbocycles. The summed E-state index contributed by atoms with van der Waals surface area (Å²) in [5.74, 6) is -3.68. The minimum Gasteiger partial charge on any atom is -0.550 e. The maximum absolute atomic E-state index is 12.2. The summed E-state index contributed by atoms with van der Waals surface area (Å²) in [5, 5.41) is 31.5. The zero-order chi connectivity index (χ0) is 18.0. The Bertz CT molecular complexity index is 769. The maximum Gasteiger partial charge on any atom is 0.290 e. The van der Waals surface area contributed by atoms with Crippen LogP contribution in [0.25, 0.3) is 0 Å². The Kier molecular flexibility index (Phi) is 4.63. The van der Waals surface area contributed by atoms with E-state index in [4.69, 9.17) is 0 Å². The van der Waals surface area contributed by atoms with Crippen molar-refractivity contribution in [3.63, 3.8) is 0 Å². The number of nitro benzene ring substituents is 1. The number of carboxylic acid groups (broad SMARTS) is 1. The van der Waals surface area contributed by atoms with Crippen LogP contribution in [0.1, 0.15) is 24.9 Å². The number of benzene rings is 1. The summed E-state index contributed by atoms with van der Waals surface area (Å²) in [4.78, 5) is 45.9. The van der Waals surface area contributed by atoms with E-state index in [0.29, 0.717) is 0 Å². The summed E-state index contributed by atoms with van der Waals surface area (Å²) in [6, 6.07) is 4.16. The molecule has 0 saturated heterocycles. The maximum atomic E-state index is 12.2. The van der Waals surface area contributed by atoms with Crippen LogP contribution >= 0.6 is 0 Å². The van der Waals surface area contributed by atoms with Gasteiger partial charge in [-0.2, -0.15) is 0 Å². The molecule has 0 spiro atoms. The number of rotatable bonds is 6. The zero-order valence-corrected chi connectivity index (χ0v) is 12.6. The molecule has 126 valence electrons. The molecule has 1 N–H and O–H groups in total. The second kappa shape index (κ2) is 6.49. The van der Waals surface area contributed by atoms with Crippen LogP contribution in [0.4, 0.5) is 5.69 Å². The quantitative estimate of drug-likeness (QED) is 0.571. The second-order valence-electron chi connectivity index (χ2n) is 5.19. The van der Waals surface area contributed by atoms with Gasteiger partial charge in [0.05, 0.1) is 16.5 Å². The van der Waals surface area contributed by atoms with Gasteiger partial charge < -0.3 is 19.9 Å². The minimum atomic E-state index is -1.41. The van der Waals surface area contributed by atoms with Crippen LogP contribution in [0.15, 0.2) is 35.6 Å². The molecule has 0 saturated carbocycles. The number of aliphatic carboxylic acids is 1. The summed E-state index contributed by atoms with van der Waals surface area (Å²) in [5.41, 5.74) is -0.252. The number of amides is 1. The van der Waals surface area contributed by atoms with Gasteiger partial charge in [-0.3, -0.25) is 19.7 Å². The van der Waals surface area contributed by atoms with Crippen LogP contribution in [-0.4, -0.2) is 39.1 Å². The van der Waals surface area contributed by atoms with Crippen LogP contribution in [0.2, 0.25) is 0 Å². The Morgan fingerprint density at radius 3 is 2.58 bits per heavy atom. The van der Waals surface area contributed by atoms with E-state index in [-0.39, 0.29) is 23.4 Å². The van der Waals surface area contributed by atoms with E-state index in [2.05, 4.69) is 0 Å². The van der Waals surface area contributed by atoms with Crippen molar-refractivity contribution in [1.82, 2.24) is 4.90 Å². The first kappa shape index (κ1) is 17.1. The Morgan fingerprint density at radius 2 is 2.04 bits per heavy atom. The summed E-state index contributed by atoms with van der Waals surface area (Å²) in [7, 11) is 0. The molecule has 1 amide bonds. The Balaban J connectivity index is 2.52. The number of carboxylic acids is 1. The Hall–Kier alpha value is -3.23. The van der Waals surface area contributed by atoms with Gasteiger partial charge in [0.2, 0.25) is 0 Å². The summed E-state index contributed by atoms with van der Waals surface area (Å²) < 4.78 is 0. The molecule has 1 aromatic rings. The molecule has 1 atom stereocenters. The summed E-state index contributed by atoms with van der Waals surface area (Å²) in [6.45, 7) is 0.834. The molecule has 9 heteroatoms. The highest BCUT2D eigenvalue weighted by Crippen LogP contribution is 2.38. The molecule has 0 aromatic heterocycles. The molecule has 1 aliphatic rings. The number of hydrogen-bond acceptors (Lipinski definition) is 7. The highest BCUT2D eigenvalue weighted by Gasteiger charge is 2.42. The van der Waals surface area contributed by atoms with E-state index in [1.54, 1.807) is 0 Å². The first-order valence-corrected chi connectivity index (χ1v) is 6.93. The van der Waals surface area contributed by atoms with Gasteiger partial charge in [0.1, 0.15) is 0 Å². The third-order valence-corrected chi connectivity index (χ3v) is 3.64. The Morgan fingerprint density at radius 1 is 1.38 bits per heavy atom. The number of carbonyl (C=O) groups excluding carboxylic acids is 3. The van der Waals surface area contributed by atoms with Crippen molar-refractivity contribution in [2.75, 3.05) is 6.54 Å². The van der Waals surface area contributed by atoms with Crippen LogP contribution in [0, 0.1) is 10.1 Å². The molecule has 0 unspecified atom stereocenters. The highest BCUT2D eigenvalue weighted by atomic mass is 16.6. The fourth-order valence-electron chi connectivity index (χ4n) is 2.61. The largest absolute Gasteiger partial charge is 0.550 e. The molecular formula is C15H13N2O7-. The van der Waals surface area contributed by atoms with E-state index in [1.807, 2.05) is 0 Å². The standard InChI is InChI=1S/C15H14N2O7/c1-8(18)12-13(9-3-2-4-10(7-9)17(23)24)16(6-5-11(19)20)15(22)14(12)21/h2-4,7,13,21H,5-6H2,1H3,(H,19,20)/p-1/t13-/m0/s1. The van der Waals surface area contributed by atoms with Gasteiger partial charge >= 0.3 is 0 Å². The zero-order valence-electron chi connectivity index (χ0n) is 12.6. The minimum absolute atomic E-state index is 0.223. The number of aliphatic hydroxyl groups is 1. The number of nitro groups is 1. The van der Waals surface area contributed by atoms with Crippen LogP contribution < -0.4 is 5.11 Å². The van der Waals surface area contributed by atoms with Crippen molar-refractivity contribution in [2.45, 2.75) is 19.4 Å². The monoisotopic (exact) mass is 333 g/mol. The van der Waals surface area contributed by atoms with E-state index in [0.717, 1.165) is 11.8 Å². The summed E-state index contributed by atoms with van der Waals surface area (Å²) >= 11 is 0. The van der Waals surface area contributed by atoms with Crippen LogP contribution in [-0.2, 0) is 14.4 Å². The number of aliphatic hydroxyl groups excluding tert-OH is 1. The lowest BCUT2D eigenvalue weighted by molar-refractivity contribution is -0.384. The van der Waals surface area contributed by atoms with Crippen molar-refractivity contribution < 1.29 is 29.5 Å². The van der Waals surface area contributed by atoms with Crippen LogP contribution in [0.3, 0.4) is 0 Å².